The van der Waals surface area contributed by atoms with E-state index in [0.717, 1.165) is 64.6 Å². The number of hydrogen-bond donors (Lipinski definition) is 1. The lowest BCUT2D eigenvalue weighted by molar-refractivity contribution is 0.0945. The van der Waals surface area contributed by atoms with E-state index in [-0.39, 0.29) is 12.6 Å². The number of carbonyl (C=O) groups excluding carboxylic acids is 1. The van der Waals surface area contributed by atoms with Crippen LogP contribution in [-0.2, 0) is 0 Å². The highest BCUT2D eigenvalue weighted by Gasteiger charge is 2.27. The summed E-state index contributed by atoms with van der Waals surface area (Å²) in [6, 6.07) is 0.213. The Kier molecular flexibility index (Phi) is 4.83. The van der Waals surface area contributed by atoms with Gasteiger partial charge in [-0.2, -0.15) is 0 Å². The van der Waals surface area contributed by atoms with Crippen LogP contribution in [0.15, 0.2) is 0 Å². The predicted molar refractivity (Wildman–Crippen MR) is 70.5 cm³/mol. The van der Waals surface area contributed by atoms with Crippen LogP contribution >= 0.6 is 0 Å². The van der Waals surface area contributed by atoms with Crippen LogP contribution in [0.25, 0.3) is 0 Å². The molecule has 1 N–H and O–H groups in total. The van der Waals surface area contributed by atoms with Gasteiger partial charge in [-0.3, -0.25) is 4.90 Å². The minimum atomic E-state index is 0.206. The highest BCUT2D eigenvalue weighted by molar-refractivity contribution is 5.74. The van der Waals surface area contributed by atoms with Gasteiger partial charge in [-0.05, 0) is 18.8 Å². The number of carbonyl (C=O) groups is 1. The third kappa shape index (κ3) is 3.36. The molecule has 18 heavy (non-hydrogen) atoms. The zero-order valence-corrected chi connectivity index (χ0v) is 11.3. The van der Waals surface area contributed by atoms with Gasteiger partial charge in [-0.15, -0.1) is 0 Å². The fourth-order valence-electron chi connectivity index (χ4n) is 2.70. The highest BCUT2D eigenvalue weighted by atomic mass is 16.3. The fourth-order valence-corrected chi connectivity index (χ4v) is 2.70. The van der Waals surface area contributed by atoms with Gasteiger partial charge in [0.1, 0.15) is 0 Å². The SMILES string of the molecule is CC1CCN(C(=O)N2CCN(CCO)CC2)CC1. The molecule has 2 aliphatic rings. The van der Waals surface area contributed by atoms with Gasteiger partial charge >= 0.3 is 6.03 Å². The zero-order chi connectivity index (χ0) is 13.0. The maximum absolute atomic E-state index is 12.3. The Hall–Kier alpha value is -0.810. The van der Waals surface area contributed by atoms with E-state index in [2.05, 4.69) is 11.8 Å². The maximum atomic E-state index is 12.3. The van der Waals surface area contributed by atoms with Crippen molar-refractivity contribution in [2.75, 3.05) is 52.4 Å². The third-order valence-electron chi connectivity index (χ3n) is 4.11. The van der Waals surface area contributed by atoms with E-state index in [0.29, 0.717) is 0 Å². The number of β-amino-alcohol motifs (C(OH)–C–C–N with tert-alkyl or cyclic N) is 1. The van der Waals surface area contributed by atoms with Crippen LogP contribution in [0.2, 0.25) is 0 Å². The number of amides is 2. The van der Waals surface area contributed by atoms with Crippen LogP contribution in [0.5, 0.6) is 0 Å². The summed E-state index contributed by atoms with van der Waals surface area (Å²) in [4.78, 5) is 18.5. The lowest BCUT2D eigenvalue weighted by atomic mass is 9.99. The average molecular weight is 255 g/mol. The van der Waals surface area contributed by atoms with Gasteiger partial charge in [-0.25, -0.2) is 4.79 Å². The number of rotatable bonds is 2. The van der Waals surface area contributed by atoms with Gasteiger partial charge in [0.15, 0.2) is 0 Å². The molecule has 0 spiro atoms. The van der Waals surface area contributed by atoms with Crippen molar-refractivity contribution in [2.24, 2.45) is 5.92 Å². The number of aliphatic hydroxyl groups is 1. The molecule has 5 nitrogen and oxygen atoms in total. The molecular weight excluding hydrogens is 230 g/mol. The topological polar surface area (TPSA) is 47.0 Å². The first-order valence-corrected chi connectivity index (χ1v) is 7.08. The van der Waals surface area contributed by atoms with E-state index in [1.54, 1.807) is 0 Å². The molecule has 0 saturated carbocycles. The summed E-state index contributed by atoms with van der Waals surface area (Å²) in [6.45, 7) is 8.38. The molecule has 2 heterocycles. The van der Waals surface area contributed by atoms with Crippen molar-refractivity contribution >= 4 is 6.03 Å². The van der Waals surface area contributed by atoms with Crippen molar-refractivity contribution in [3.8, 4) is 0 Å². The van der Waals surface area contributed by atoms with E-state index in [4.69, 9.17) is 5.11 Å². The average Bonchev–Trinajstić information content (AvgIpc) is 2.40. The first kappa shape index (κ1) is 13.6. The molecule has 2 rings (SSSR count). The molecule has 104 valence electrons. The second-order valence-electron chi connectivity index (χ2n) is 5.50. The molecule has 0 unspecified atom stereocenters. The van der Waals surface area contributed by atoms with Gasteiger partial charge in [0.05, 0.1) is 6.61 Å². The number of nitrogens with zero attached hydrogens (tertiary/aromatic N) is 3. The fraction of sp³-hybridized carbons (Fsp3) is 0.923. The Morgan fingerprint density at radius 2 is 1.61 bits per heavy atom. The molecule has 0 atom stereocenters. The van der Waals surface area contributed by atoms with Crippen molar-refractivity contribution in [1.29, 1.82) is 0 Å². The van der Waals surface area contributed by atoms with Crippen molar-refractivity contribution in [3.05, 3.63) is 0 Å². The second kappa shape index (κ2) is 6.38. The van der Waals surface area contributed by atoms with Crippen LogP contribution in [0.3, 0.4) is 0 Å². The molecule has 2 saturated heterocycles. The summed E-state index contributed by atoms with van der Waals surface area (Å²) in [6.07, 6.45) is 2.27. The molecular formula is C13H25N3O2. The Bertz CT molecular complexity index is 269. The van der Waals surface area contributed by atoms with Gasteiger partial charge in [0.25, 0.3) is 0 Å². The Balaban J connectivity index is 1.77. The number of likely N-dealkylation sites (tertiary alicyclic amines) is 1. The van der Waals surface area contributed by atoms with E-state index < -0.39 is 0 Å². The Labute approximate surface area is 109 Å². The van der Waals surface area contributed by atoms with Gasteiger partial charge in [0, 0.05) is 45.8 Å². The van der Waals surface area contributed by atoms with Crippen LogP contribution in [-0.4, -0.2) is 78.3 Å². The standard InChI is InChI=1S/C13H25N3O2/c1-12-2-4-15(5-3-12)13(18)16-8-6-14(7-9-16)10-11-17/h12,17H,2-11H2,1H3. The largest absolute Gasteiger partial charge is 0.395 e. The maximum Gasteiger partial charge on any atom is 0.320 e. The van der Waals surface area contributed by atoms with E-state index in [9.17, 15) is 4.79 Å². The number of piperidine rings is 1. The summed E-state index contributed by atoms with van der Waals surface area (Å²) in [5, 5.41) is 8.89. The molecule has 5 heteroatoms. The summed E-state index contributed by atoms with van der Waals surface area (Å²) in [7, 11) is 0. The zero-order valence-electron chi connectivity index (χ0n) is 11.3. The summed E-state index contributed by atoms with van der Waals surface area (Å²) in [5.74, 6) is 0.760. The molecule has 2 aliphatic heterocycles. The summed E-state index contributed by atoms with van der Waals surface area (Å²) < 4.78 is 0. The van der Waals surface area contributed by atoms with E-state index >= 15 is 0 Å². The predicted octanol–water partition coefficient (Wildman–Crippen LogP) is 0.448. The van der Waals surface area contributed by atoms with Gasteiger partial charge < -0.3 is 14.9 Å². The van der Waals surface area contributed by atoms with Crippen LogP contribution in [0.1, 0.15) is 19.8 Å². The van der Waals surface area contributed by atoms with Crippen molar-refractivity contribution in [3.63, 3.8) is 0 Å². The third-order valence-corrected chi connectivity index (χ3v) is 4.11. The van der Waals surface area contributed by atoms with Crippen molar-refractivity contribution < 1.29 is 9.90 Å². The van der Waals surface area contributed by atoms with Crippen molar-refractivity contribution in [2.45, 2.75) is 19.8 Å². The molecule has 0 radical (unpaired) electrons. The Morgan fingerprint density at radius 1 is 1.06 bits per heavy atom. The van der Waals surface area contributed by atoms with Crippen LogP contribution < -0.4 is 0 Å². The summed E-state index contributed by atoms with van der Waals surface area (Å²) >= 11 is 0. The monoisotopic (exact) mass is 255 g/mol. The van der Waals surface area contributed by atoms with E-state index in [1.165, 1.54) is 0 Å². The number of aliphatic hydroxyl groups excluding tert-OH is 1. The number of piperazine rings is 1. The van der Waals surface area contributed by atoms with Gasteiger partial charge in [0.2, 0.25) is 0 Å². The van der Waals surface area contributed by atoms with Crippen LogP contribution in [0, 0.1) is 5.92 Å². The molecule has 0 aromatic rings. The normalized spacial score (nSPS) is 23.4. The molecule has 0 aromatic heterocycles. The number of urea groups is 1. The highest BCUT2D eigenvalue weighted by Crippen LogP contribution is 2.17. The van der Waals surface area contributed by atoms with E-state index in [1.807, 2.05) is 9.80 Å². The second-order valence-corrected chi connectivity index (χ2v) is 5.50. The lowest BCUT2D eigenvalue weighted by Gasteiger charge is -2.39. The Morgan fingerprint density at radius 3 is 2.17 bits per heavy atom. The molecule has 0 aromatic carbocycles. The molecule has 0 bridgehead atoms. The minimum Gasteiger partial charge on any atom is -0.395 e. The number of hydrogen-bond acceptors (Lipinski definition) is 3. The van der Waals surface area contributed by atoms with Gasteiger partial charge in [-0.1, -0.05) is 6.92 Å². The first-order valence-electron chi connectivity index (χ1n) is 7.08. The minimum absolute atomic E-state index is 0.206. The molecule has 0 aliphatic carbocycles. The van der Waals surface area contributed by atoms with Crippen molar-refractivity contribution in [1.82, 2.24) is 14.7 Å². The molecule has 2 amide bonds. The smallest absolute Gasteiger partial charge is 0.320 e. The summed E-state index contributed by atoms with van der Waals surface area (Å²) in [5.41, 5.74) is 0. The van der Waals surface area contributed by atoms with Crippen LogP contribution in [0.4, 0.5) is 4.79 Å². The lowest BCUT2D eigenvalue weighted by Crippen LogP contribution is -2.54. The molecule has 2 fully saturated rings. The first-order chi connectivity index (χ1) is 8.70. The quantitative estimate of drug-likeness (QED) is 0.779.